The van der Waals surface area contributed by atoms with Gasteiger partial charge in [-0.2, -0.15) is 0 Å². The van der Waals surface area contributed by atoms with Gasteiger partial charge in [-0.1, -0.05) is 24.3 Å². The molecule has 2 saturated heterocycles. The maximum atomic E-state index is 12.7. The number of para-hydroxylation sites is 1. The van der Waals surface area contributed by atoms with E-state index in [1.807, 2.05) is 30.3 Å². The van der Waals surface area contributed by atoms with E-state index in [9.17, 15) is 19.5 Å². The van der Waals surface area contributed by atoms with Crippen molar-refractivity contribution >= 4 is 39.6 Å². The summed E-state index contributed by atoms with van der Waals surface area (Å²) in [4.78, 5) is 41.4. The molecule has 31 heavy (non-hydrogen) atoms. The monoisotopic (exact) mass is 423 g/mol. The van der Waals surface area contributed by atoms with E-state index in [1.165, 1.54) is 4.90 Å². The molecule has 9 heteroatoms. The third-order valence-electron chi connectivity index (χ3n) is 5.88. The second kappa shape index (κ2) is 7.36. The molecule has 1 atom stereocenters. The van der Waals surface area contributed by atoms with E-state index >= 15 is 0 Å². The number of H-pyrrole nitrogens is 1. The number of benzene rings is 2. The number of carbonyl (C=O) groups is 3. The van der Waals surface area contributed by atoms with Crippen LogP contribution < -0.4 is 5.32 Å². The quantitative estimate of drug-likeness (QED) is 0.585. The topological polar surface area (TPSA) is 121 Å². The summed E-state index contributed by atoms with van der Waals surface area (Å²) >= 11 is 0. The van der Waals surface area contributed by atoms with Crippen molar-refractivity contribution in [2.24, 2.45) is 0 Å². The predicted molar refractivity (Wildman–Crippen MR) is 111 cm³/mol. The fourth-order valence-electron chi connectivity index (χ4n) is 4.38. The molecule has 3 heterocycles. The van der Waals surface area contributed by atoms with Crippen LogP contribution in [0.5, 0.6) is 0 Å². The summed E-state index contributed by atoms with van der Waals surface area (Å²) in [6, 6.07) is 12.1. The van der Waals surface area contributed by atoms with Crippen molar-refractivity contribution < 1.29 is 29.0 Å². The number of nitrogens with one attached hydrogen (secondary N) is 2. The number of likely N-dealkylation sites (tertiary alicyclic amines) is 1. The lowest BCUT2D eigenvalue weighted by Crippen LogP contribution is -2.46. The molecule has 2 aliphatic rings. The second-order valence-corrected chi connectivity index (χ2v) is 7.80. The molecule has 0 unspecified atom stereocenters. The number of carboxylic acids is 1. The van der Waals surface area contributed by atoms with Crippen molar-refractivity contribution in [2.75, 3.05) is 26.3 Å². The average molecular weight is 423 g/mol. The summed E-state index contributed by atoms with van der Waals surface area (Å²) in [5.74, 6) is -3.10. The van der Waals surface area contributed by atoms with Crippen molar-refractivity contribution in [1.29, 1.82) is 0 Å². The second-order valence-electron chi connectivity index (χ2n) is 7.80. The van der Waals surface area contributed by atoms with Gasteiger partial charge in [0.1, 0.15) is 6.04 Å². The Morgan fingerprint density at radius 2 is 1.84 bits per heavy atom. The zero-order chi connectivity index (χ0) is 21.6. The maximum Gasteiger partial charge on any atom is 0.326 e. The number of rotatable bonds is 4. The van der Waals surface area contributed by atoms with Gasteiger partial charge < -0.3 is 29.8 Å². The molecule has 3 aromatic rings. The molecule has 1 aromatic heterocycles. The van der Waals surface area contributed by atoms with E-state index in [1.54, 1.807) is 12.1 Å². The Morgan fingerprint density at radius 1 is 1.10 bits per heavy atom. The lowest BCUT2D eigenvalue weighted by atomic mass is 10.1. The van der Waals surface area contributed by atoms with Gasteiger partial charge >= 0.3 is 5.97 Å². The molecular weight excluding hydrogens is 402 g/mol. The Bertz CT molecular complexity index is 1200. The van der Waals surface area contributed by atoms with Crippen molar-refractivity contribution in [2.45, 2.75) is 18.2 Å². The number of hydrogen-bond acceptors (Lipinski definition) is 5. The number of carboxylic acid groups (broad SMARTS) is 1. The predicted octanol–water partition coefficient (Wildman–Crippen LogP) is 1.48. The SMILES string of the molecule is O=C(NCC(=O)N1CC2(C[C@H]1C(=O)O)OCCO2)c1ccc2c(c1)[nH]c1ccccc12. The summed E-state index contributed by atoms with van der Waals surface area (Å²) in [6.45, 7) is 0.436. The summed E-state index contributed by atoms with van der Waals surface area (Å²) in [5, 5.41) is 14.2. The first kappa shape index (κ1) is 19.5. The van der Waals surface area contributed by atoms with E-state index < -0.39 is 29.6 Å². The molecule has 0 aliphatic carbocycles. The first-order valence-corrected chi connectivity index (χ1v) is 10.0. The fourth-order valence-corrected chi connectivity index (χ4v) is 4.38. The Balaban J connectivity index is 1.29. The first-order valence-electron chi connectivity index (χ1n) is 10.0. The van der Waals surface area contributed by atoms with E-state index in [0.29, 0.717) is 18.8 Å². The van der Waals surface area contributed by atoms with Crippen LogP contribution in [0.2, 0.25) is 0 Å². The van der Waals surface area contributed by atoms with Gasteiger partial charge in [0.2, 0.25) is 5.91 Å². The average Bonchev–Trinajstić information content (AvgIpc) is 3.48. The number of fused-ring (bicyclic) bond motifs is 3. The number of hydrogen-bond donors (Lipinski definition) is 3. The molecule has 5 rings (SSSR count). The summed E-state index contributed by atoms with van der Waals surface area (Å²) in [6.07, 6.45) is 0.0685. The van der Waals surface area contributed by atoms with E-state index in [4.69, 9.17) is 9.47 Å². The Morgan fingerprint density at radius 3 is 2.61 bits per heavy atom. The van der Waals surface area contributed by atoms with Crippen LogP contribution in [0.4, 0.5) is 0 Å². The number of amides is 2. The van der Waals surface area contributed by atoms with Gasteiger partial charge in [0.05, 0.1) is 26.3 Å². The first-order chi connectivity index (χ1) is 15.0. The summed E-state index contributed by atoms with van der Waals surface area (Å²) < 4.78 is 11.1. The Labute approximate surface area is 176 Å². The minimum absolute atomic E-state index is 0.0275. The summed E-state index contributed by atoms with van der Waals surface area (Å²) in [7, 11) is 0. The highest BCUT2D eigenvalue weighted by Crippen LogP contribution is 2.34. The Hall–Kier alpha value is -3.43. The largest absolute Gasteiger partial charge is 0.480 e. The lowest BCUT2D eigenvalue weighted by Gasteiger charge is -2.23. The third-order valence-corrected chi connectivity index (χ3v) is 5.88. The van der Waals surface area contributed by atoms with Gasteiger partial charge in [-0.15, -0.1) is 0 Å². The van der Waals surface area contributed by atoms with E-state index in [2.05, 4.69) is 10.3 Å². The highest BCUT2D eigenvalue weighted by Gasteiger charge is 2.52. The number of ether oxygens (including phenoxy) is 2. The molecule has 2 amide bonds. The van der Waals surface area contributed by atoms with Crippen LogP contribution in [-0.4, -0.2) is 70.9 Å². The molecule has 0 bridgehead atoms. The number of nitrogens with zero attached hydrogens (tertiary/aromatic N) is 1. The number of aromatic amines is 1. The minimum atomic E-state index is -1.13. The van der Waals surface area contributed by atoms with Gasteiger partial charge in [0, 0.05) is 33.8 Å². The number of aliphatic carboxylic acids is 1. The van der Waals surface area contributed by atoms with Crippen molar-refractivity contribution in [3.8, 4) is 0 Å². The molecule has 2 aliphatic heterocycles. The number of aromatic nitrogens is 1. The van der Waals surface area contributed by atoms with Crippen molar-refractivity contribution in [3.05, 3.63) is 48.0 Å². The zero-order valence-electron chi connectivity index (χ0n) is 16.6. The van der Waals surface area contributed by atoms with Crippen LogP contribution in [0.3, 0.4) is 0 Å². The molecule has 2 fully saturated rings. The van der Waals surface area contributed by atoms with Gasteiger partial charge in [-0.05, 0) is 18.2 Å². The molecule has 2 aromatic carbocycles. The number of carbonyl (C=O) groups excluding carboxylic acids is 2. The van der Waals surface area contributed by atoms with Gasteiger partial charge in [-0.3, -0.25) is 9.59 Å². The van der Waals surface area contributed by atoms with Gasteiger partial charge in [0.25, 0.3) is 5.91 Å². The molecule has 9 nitrogen and oxygen atoms in total. The normalized spacial score (nSPS) is 20.0. The van der Waals surface area contributed by atoms with Gasteiger partial charge in [0.15, 0.2) is 5.79 Å². The third kappa shape index (κ3) is 3.41. The highest BCUT2D eigenvalue weighted by atomic mass is 16.7. The molecular formula is C22H21N3O6. The fraction of sp³-hybridized carbons (Fsp3) is 0.318. The van der Waals surface area contributed by atoms with Crippen molar-refractivity contribution in [3.63, 3.8) is 0 Å². The smallest absolute Gasteiger partial charge is 0.326 e. The van der Waals surface area contributed by atoms with Crippen LogP contribution >= 0.6 is 0 Å². The van der Waals surface area contributed by atoms with Crippen LogP contribution in [0, 0.1) is 0 Å². The molecule has 3 N–H and O–H groups in total. The van der Waals surface area contributed by atoms with Gasteiger partial charge in [-0.25, -0.2) is 4.79 Å². The molecule has 0 radical (unpaired) electrons. The van der Waals surface area contributed by atoms with E-state index in [0.717, 1.165) is 21.8 Å². The van der Waals surface area contributed by atoms with Crippen LogP contribution in [-0.2, 0) is 19.1 Å². The van der Waals surface area contributed by atoms with Crippen LogP contribution in [0.25, 0.3) is 21.8 Å². The molecule has 160 valence electrons. The molecule has 0 saturated carbocycles. The Kier molecular flexibility index (Phi) is 4.64. The maximum absolute atomic E-state index is 12.7. The van der Waals surface area contributed by atoms with Crippen LogP contribution in [0.1, 0.15) is 16.8 Å². The summed E-state index contributed by atoms with van der Waals surface area (Å²) in [5.41, 5.74) is 2.20. The molecule has 1 spiro atoms. The highest BCUT2D eigenvalue weighted by molar-refractivity contribution is 6.09. The van der Waals surface area contributed by atoms with Crippen LogP contribution in [0.15, 0.2) is 42.5 Å². The minimum Gasteiger partial charge on any atom is -0.480 e. The van der Waals surface area contributed by atoms with E-state index in [-0.39, 0.29) is 19.5 Å². The standard InChI is InChI=1S/C22H21N3O6/c26-19(25-12-22(30-7-8-31-22)10-18(25)21(28)29)11-23-20(27)13-5-6-15-14-3-1-2-4-16(14)24-17(15)9-13/h1-6,9,18,24H,7-8,10-12H2,(H,23,27)(H,28,29)/t18-/m0/s1. The lowest BCUT2D eigenvalue weighted by molar-refractivity contribution is -0.152. The van der Waals surface area contributed by atoms with Crippen molar-refractivity contribution in [1.82, 2.24) is 15.2 Å². The zero-order valence-corrected chi connectivity index (χ0v) is 16.6.